The number of aromatic nitrogens is 2. The van der Waals surface area contributed by atoms with Crippen LogP contribution in [0.3, 0.4) is 0 Å². The summed E-state index contributed by atoms with van der Waals surface area (Å²) < 4.78 is 49.1. The molecule has 0 aliphatic carbocycles. The van der Waals surface area contributed by atoms with Gasteiger partial charge in [0.15, 0.2) is 4.88 Å². The Labute approximate surface area is 185 Å². The Morgan fingerprint density at radius 1 is 1.19 bits per heavy atom. The lowest BCUT2D eigenvalue weighted by Gasteiger charge is -2.13. The first-order chi connectivity index (χ1) is 15.2. The van der Waals surface area contributed by atoms with Gasteiger partial charge in [0.05, 0.1) is 29.9 Å². The molecule has 2 heterocycles. The summed E-state index contributed by atoms with van der Waals surface area (Å²) in [5, 5.41) is 12.4. The normalized spacial score (nSPS) is 11.3. The number of carboxylic acid groups (broad SMARTS) is 1. The van der Waals surface area contributed by atoms with Crippen LogP contribution in [0.1, 0.15) is 27.7 Å². The van der Waals surface area contributed by atoms with Gasteiger partial charge in [-0.1, -0.05) is 6.07 Å². The molecule has 7 nitrogen and oxygen atoms in total. The molecular weight excluding hydrogens is 447 g/mol. The number of carbonyl (C=O) groups is 1. The lowest BCUT2D eigenvalue weighted by molar-refractivity contribution is -0.137. The van der Waals surface area contributed by atoms with Gasteiger partial charge in [0.25, 0.3) is 0 Å². The van der Waals surface area contributed by atoms with E-state index in [4.69, 9.17) is 9.47 Å². The zero-order valence-corrected chi connectivity index (χ0v) is 18.0. The highest BCUT2D eigenvalue weighted by molar-refractivity contribution is 7.17. The summed E-state index contributed by atoms with van der Waals surface area (Å²) in [6.45, 7) is 2.48. The molecule has 0 aliphatic rings. The molecule has 11 heteroatoms. The third kappa shape index (κ3) is 5.47. The Kier molecular flexibility index (Phi) is 7.18. The standard InChI is InChI=1S/C21H20F3N3O4S/c1-3-31-16-10-17(32-19(16)20(28)29)14-9-18(27-11-26-14)25-7-6-12-4-5-13(21(22,23)24)8-15(12)30-2/h4-5,8-11H,3,6-7H2,1-2H3,(H,28,29)(H,25,26,27). The third-order valence-corrected chi connectivity index (χ3v) is 5.55. The van der Waals surface area contributed by atoms with Crippen LogP contribution in [0.4, 0.5) is 19.0 Å². The minimum absolute atomic E-state index is 0.0874. The monoisotopic (exact) mass is 467 g/mol. The SMILES string of the molecule is CCOc1cc(-c2cc(NCCc3ccc(C(F)(F)F)cc3OC)ncn2)sc1C(=O)O. The maximum atomic E-state index is 12.9. The van der Waals surface area contributed by atoms with Gasteiger partial charge >= 0.3 is 12.1 Å². The van der Waals surface area contributed by atoms with E-state index in [0.29, 0.717) is 41.5 Å². The zero-order chi connectivity index (χ0) is 23.3. The summed E-state index contributed by atoms with van der Waals surface area (Å²) >= 11 is 1.05. The molecule has 0 unspecified atom stereocenters. The average Bonchev–Trinajstić information content (AvgIpc) is 3.18. The van der Waals surface area contributed by atoms with Crippen LogP contribution in [0.25, 0.3) is 10.6 Å². The number of nitrogens with zero attached hydrogens (tertiary/aromatic N) is 2. The number of nitrogens with one attached hydrogen (secondary N) is 1. The Balaban J connectivity index is 1.71. The van der Waals surface area contributed by atoms with Crippen molar-refractivity contribution in [1.29, 1.82) is 0 Å². The van der Waals surface area contributed by atoms with E-state index in [9.17, 15) is 23.1 Å². The maximum absolute atomic E-state index is 12.9. The van der Waals surface area contributed by atoms with Crippen molar-refractivity contribution in [3.63, 3.8) is 0 Å². The van der Waals surface area contributed by atoms with Crippen LogP contribution < -0.4 is 14.8 Å². The average molecular weight is 467 g/mol. The van der Waals surface area contributed by atoms with E-state index in [1.54, 1.807) is 19.1 Å². The van der Waals surface area contributed by atoms with Crippen molar-refractivity contribution in [1.82, 2.24) is 9.97 Å². The molecule has 170 valence electrons. The number of anilines is 1. The number of rotatable bonds is 9. The van der Waals surface area contributed by atoms with Crippen LogP contribution in [0, 0.1) is 0 Å². The topological polar surface area (TPSA) is 93.6 Å². The first-order valence-electron chi connectivity index (χ1n) is 9.53. The minimum Gasteiger partial charge on any atom is -0.496 e. The molecule has 2 N–H and O–H groups in total. The maximum Gasteiger partial charge on any atom is 0.416 e. The van der Waals surface area contributed by atoms with E-state index in [-0.39, 0.29) is 16.4 Å². The lowest BCUT2D eigenvalue weighted by atomic mass is 10.1. The van der Waals surface area contributed by atoms with Crippen molar-refractivity contribution in [2.75, 3.05) is 25.6 Å². The molecule has 3 aromatic rings. The smallest absolute Gasteiger partial charge is 0.416 e. The Morgan fingerprint density at radius 2 is 1.97 bits per heavy atom. The Bertz CT molecular complexity index is 1100. The molecular formula is C21H20F3N3O4S. The summed E-state index contributed by atoms with van der Waals surface area (Å²) in [6, 6.07) is 6.68. The second kappa shape index (κ2) is 9.86. The van der Waals surface area contributed by atoms with Crippen LogP contribution in [0.15, 0.2) is 36.7 Å². The number of carboxylic acids is 1. The molecule has 32 heavy (non-hydrogen) atoms. The third-order valence-electron chi connectivity index (χ3n) is 4.43. The fraction of sp³-hybridized carbons (Fsp3) is 0.286. The fourth-order valence-corrected chi connectivity index (χ4v) is 3.86. The molecule has 0 amide bonds. The van der Waals surface area contributed by atoms with Crippen molar-refractivity contribution in [2.45, 2.75) is 19.5 Å². The van der Waals surface area contributed by atoms with Crippen molar-refractivity contribution in [3.05, 3.63) is 52.7 Å². The van der Waals surface area contributed by atoms with Gasteiger partial charge in [-0.25, -0.2) is 14.8 Å². The summed E-state index contributed by atoms with van der Waals surface area (Å²) in [4.78, 5) is 20.5. The second-order valence-electron chi connectivity index (χ2n) is 6.53. The van der Waals surface area contributed by atoms with Crippen LogP contribution >= 0.6 is 11.3 Å². The molecule has 1 aromatic carbocycles. The van der Waals surface area contributed by atoms with Gasteiger partial charge < -0.3 is 19.9 Å². The molecule has 0 spiro atoms. The summed E-state index contributed by atoms with van der Waals surface area (Å²) in [7, 11) is 1.33. The highest BCUT2D eigenvalue weighted by atomic mass is 32.1. The van der Waals surface area contributed by atoms with E-state index in [1.807, 2.05) is 0 Å². The summed E-state index contributed by atoms with van der Waals surface area (Å²) in [5.74, 6) is -0.150. The minimum atomic E-state index is -4.44. The largest absolute Gasteiger partial charge is 0.496 e. The predicted molar refractivity (Wildman–Crippen MR) is 114 cm³/mol. The van der Waals surface area contributed by atoms with Gasteiger partial charge in [-0.3, -0.25) is 0 Å². The van der Waals surface area contributed by atoms with E-state index in [1.165, 1.54) is 19.5 Å². The number of methoxy groups -OCH3 is 1. The number of halogens is 3. The second-order valence-corrected chi connectivity index (χ2v) is 7.58. The molecule has 0 saturated heterocycles. The number of hydrogen-bond acceptors (Lipinski definition) is 7. The van der Waals surface area contributed by atoms with Gasteiger partial charge in [0, 0.05) is 18.7 Å². The molecule has 0 fully saturated rings. The van der Waals surface area contributed by atoms with E-state index in [0.717, 1.165) is 23.5 Å². The molecule has 0 bridgehead atoms. The number of alkyl halides is 3. The van der Waals surface area contributed by atoms with Crippen LogP contribution in [-0.4, -0.2) is 41.3 Å². The van der Waals surface area contributed by atoms with E-state index < -0.39 is 17.7 Å². The van der Waals surface area contributed by atoms with Crippen LogP contribution in [0.2, 0.25) is 0 Å². The molecule has 0 saturated carbocycles. The van der Waals surface area contributed by atoms with Gasteiger partial charge in [0.2, 0.25) is 0 Å². The number of hydrogen-bond donors (Lipinski definition) is 2. The van der Waals surface area contributed by atoms with Crippen LogP contribution in [-0.2, 0) is 12.6 Å². The fourth-order valence-electron chi connectivity index (χ4n) is 2.95. The van der Waals surface area contributed by atoms with Gasteiger partial charge in [-0.15, -0.1) is 11.3 Å². The number of ether oxygens (including phenoxy) is 2. The predicted octanol–water partition coefficient (Wildman–Crippen LogP) is 4.98. The van der Waals surface area contributed by atoms with E-state index >= 15 is 0 Å². The highest BCUT2D eigenvalue weighted by Gasteiger charge is 2.31. The molecule has 2 aromatic heterocycles. The number of aromatic carboxylic acids is 1. The summed E-state index contributed by atoms with van der Waals surface area (Å²) in [5.41, 5.74) is 0.371. The van der Waals surface area contributed by atoms with Crippen molar-refractivity contribution in [3.8, 4) is 22.1 Å². The van der Waals surface area contributed by atoms with Gasteiger partial charge in [0.1, 0.15) is 23.6 Å². The first-order valence-corrected chi connectivity index (χ1v) is 10.3. The number of thiophene rings is 1. The van der Waals surface area contributed by atoms with Crippen LogP contribution in [0.5, 0.6) is 11.5 Å². The lowest BCUT2D eigenvalue weighted by Crippen LogP contribution is -2.09. The Morgan fingerprint density at radius 3 is 2.62 bits per heavy atom. The van der Waals surface area contributed by atoms with Crippen molar-refractivity contribution >= 4 is 23.1 Å². The zero-order valence-electron chi connectivity index (χ0n) is 17.2. The molecule has 0 radical (unpaired) electrons. The van der Waals surface area contributed by atoms with Gasteiger partial charge in [-0.2, -0.15) is 13.2 Å². The van der Waals surface area contributed by atoms with E-state index in [2.05, 4.69) is 15.3 Å². The molecule has 0 atom stereocenters. The Hall–Kier alpha value is -3.34. The summed E-state index contributed by atoms with van der Waals surface area (Å²) in [6.07, 6.45) is -2.69. The first kappa shape index (κ1) is 23.3. The molecule has 0 aliphatic heterocycles. The van der Waals surface area contributed by atoms with Gasteiger partial charge in [-0.05, 0) is 31.0 Å². The molecule has 3 rings (SSSR count). The highest BCUT2D eigenvalue weighted by Crippen LogP contribution is 2.36. The van der Waals surface area contributed by atoms with Crippen molar-refractivity contribution < 1.29 is 32.5 Å². The van der Waals surface area contributed by atoms with Crippen molar-refractivity contribution in [2.24, 2.45) is 0 Å². The number of benzene rings is 1. The quantitative estimate of drug-likeness (QED) is 0.458.